The van der Waals surface area contributed by atoms with E-state index >= 15 is 0 Å². The molecule has 2 unspecified atom stereocenters. The zero-order valence-corrected chi connectivity index (χ0v) is 23.9. The molecule has 5 rings (SSSR count). The van der Waals surface area contributed by atoms with Gasteiger partial charge in [-0.25, -0.2) is 4.98 Å². The first-order chi connectivity index (χ1) is 17.9. The number of halogens is 2. The molecule has 1 amide bonds. The van der Waals surface area contributed by atoms with Crippen LogP contribution >= 0.6 is 31.9 Å². The highest BCUT2D eigenvalue weighted by Crippen LogP contribution is 2.29. The third-order valence-electron chi connectivity index (χ3n) is 7.00. The maximum atomic E-state index is 13.8. The molecule has 0 aliphatic carbocycles. The Balaban J connectivity index is 1.51. The second-order valence-corrected chi connectivity index (χ2v) is 11.2. The summed E-state index contributed by atoms with van der Waals surface area (Å²) in [7, 11) is 0. The minimum absolute atomic E-state index is 0.0163. The highest BCUT2D eigenvalue weighted by atomic mass is 79.9. The molecule has 1 aromatic heterocycles. The Morgan fingerprint density at radius 2 is 1.76 bits per heavy atom. The molecule has 6 nitrogen and oxygen atoms in total. The smallest absolute Gasteiger partial charge is 0.266 e. The first-order valence-electron chi connectivity index (χ1n) is 12.5. The van der Waals surface area contributed by atoms with E-state index in [4.69, 9.17) is 4.98 Å². The molecular formula is C29H28Br2N4O2. The largest absolute Gasteiger partial charge is 0.333 e. The maximum Gasteiger partial charge on any atom is 0.266 e. The van der Waals surface area contributed by atoms with Crippen molar-refractivity contribution in [2.24, 2.45) is 0 Å². The number of piperazine rings is 1. The number of fused-ring (bicyclic) bond motifs is 1. The second-order valence-electron chi connectivity index (χ2n) is 9.38. The predicted octanol–water partition coefficient (Wildman–Crippen LogP) is 6.21. The van der Waals surface area contributed by atoms with E-state index in [0.29, 0.717) is 36.1 Å². The van der Waals surface area contributed by atoms with E-state index in [2.05, 4.69) is 50.6 Å². The normalized spacial score (nSPS) is 17.2. The lowest BCUT2D eigenvalue weighted by Gasteiger charge is -2.43. The van der Waals surface area contributed by atoms with Crippen molar-refractivity contribution >= 4 is 48.7 Å². The van der Waals surface area contributed by atoms with Gasteiger partial charge < -0.3 is 4.90 Å². The van der Waals surface area contributed by atoms with Gasteiger partial charge >= 0.3 is 0 Å². The van der Waals surface area contributed by atoms with Gasteiger partial charge in [0.05, 0.1) is 22.6 Å². The van der Waals surface area contributed by atoms with Crippen molar-refractivity contribution in [3.05, 3.63) is 103 Å². The molecule has 37 heavy (non-hydrogen) atoms. The standard InChI is InChI=1S/C29H28Br2N4O2/c1-3-26(33-15-16-34(19(2)18-33)28(36)20-7-6-8-22(31)17-20)27-32-25-10-5-4-9-24(25)29(37)35(27)23-13-11-21(30)12-14-23/h4-14,17,19,26H,3,15-16,18H2,1-2H3. The van der Waals surface area contributed by atoms with E-state index in [-0.39, 0.29) is 23.6 Å². The number of rotatable bonds is 5. The summed E-state index contributed by atoms with van der Waals surface area (Å²) in [5.74, 6) is 0.768. The fraction of sp³-hybridized carbons (Fsp3) is 0.276. The van der Waals surface area contributed by atoms with Crippen LogP contribution < -0.4 is 5.56 Å². The summed E-state index contributed by atoms with van der Waals surface area (Å²) < 4.78 is 3.60. The van der Waals surface area contributed by atoms with Crippen molar-refractivity contribution < 1.29 is 4.79 Å². The van der Waals surface area contributed by atoms with Gasteiger partial charge in [-0.1, -0.05) is 57.0 Å². The van der Waals surface area contributed by atoms with Crippen LogP contribution in [0.25, 0.3) is 16.6 Å². The number of hydrogen-bond acceptors (Lipinski definition) is 4. The molecule has 190 valence electrons. The zero-order chi connectivity index (χ0) is 26.1. The van der Waals surface area contributed by atoms with Crippen molar-refractivity contribution in [2.45, 2.75) is 32.4 Å². The van der Waals surface area contributed by atoms with Gasteiger partial charge in [-0.15, -0.1) is 0 Å². The summed E-state index contributed by atoms with van der Waals surface area (Å²) in [6.07, 6.45) is 0.785. The van der Waals surface area contributed by atoms with E-state index in [1.54, 1.807) is 4.57 Å². The van der Waals surface area contributed by atoms with Crippen molar-refractivity contribution in [2.75, 3.05) is 19.6 Å². The Bertz CT molecular complexity index is 1500. The van der Waals surface area contributed by atoms with Gasteiger partial charge in [0.2, 0.25) is 0 Å². The summed E-state index contributed by atoms with van der Waals surface area (Å²) in [4.78, 5) is 36.4. The lowest BCUT2D eigenvalue weighted by atomic mass is 10.1. The summed E-state index contributed by atoms with van der Waals surface area (Å²) in [5, 5.41) is 0.599. The summed E-state index contributed by atoms with van der Waals surface area (Å²) in [6, 6.07) is 22.8. The van der Waals surface area contributed by atoms with Gasteiger partial charge in [0.1, 0.15) is 5.82 Å². The van der Waals surface area contributed by atoms with Crippen molar-refractivity contribution in [3.63, 3.8) is 0 Å². The van der Waals surface area contributed by atoms with E-state index in [1.807, 2.05) is 77.7 Å². The van der Waals surface area contributed by atoms with Gasteiger partial charge in [0, 0.05) is 40.2 Å². The molecule has 1 aliphatic heterocycles. The van der Waals surface area contributed by atoms with Gasteiger partial charge in [-0.3, -0.25) is 19.1 Å². The quantitative estimate of drug-likeness (QED) is 0.265. The molecule has 3 aromatic carbocycles. The van der Waals surface area contributed by atoms with Crippen LogP contribution in [0, 0.1) is 0 Å². The predicted molar refractivity (Wildman–Crippen MR) is 154 cm³/mol. The first-order valence-corrected chi connectivity index (χ1v) is 14.0. The number of aromatic nitrogens is 2. The second kappa shape index (κ2) is 10.9. The van der Waals surface area contributed by atoms with Crippen LogP contribution in [0.2, 0.25) is 0 Å². The van der Waals surface area contributed by atoms with Crippen molar-refractivity contribution in [1.82, 2.24) is 19.4 Å². The molecule has 2 atom stereocenters. The maximum absolute atomic E-state index is 13.8. The minimum atomic E-state index is -0.0773. The van der Waals surface area contributed by atoms with E-state index in [0.717, 1.165) is 26.9 Å². The number of nitrogens with zero attached hydrogens (tertiary/aromatic N) is 4. The van der Waals surface area contributed by atoms with Crippen LogP contribution in [-0.2, 0) is 0 Å². The number of para-hydroxylation sites is 1. The molecule has 0 bridgehead atoms. The Morgan fingerprint density at radius 3 is 2.46 bits per heavy atom. The molecule has 0 N–H and O–H groups in total. The van der Waals surface area contributed by atoms with Crippen LogP contribution in [0.15, 0.2) is 86.5 Å². The fourth-order valence-corrected chi connectivity index (χ4v) is 5.84. The SMILES string of the molecule is CCC(c1nc2ccccc2c(=O)n1-c1ccc(Br)cc1)N1CCN(C(=O)c2cccc(Br)c2)C(C)C1. The van der Waals surface area contributed by atoms with Crippen molar-refractivity contribution in [1.29, 1.82) is 0 Å². The highest BCUT2D eigenvalue weighted by Gasteiger charge is 2.33. The summed E-state index contributed by atoms with van der Waals surface area (Å²) in [5.41, 5.74) is 2.10. The molecule has 0 radical (unpaired) electrons. The van der Waals surface area contributed by atoms with Gasteiger partial charge in [0.15, 0.2) is 0 Å². The Kier molecular flexibility index (Phi) is 7.60. The lowest BCUT2D eigenvalue weighted by molar-refractivity contribution is 0.0364. The Hall–Kier alpha value is -2.81. The van der Waals surface area contributed by atoms with Crippen LogP contribution in [0.5, 0.6) is 0 Å². The molecule has 2 heterocycles. The average Bonchev–Trinajstić information content (AvgIpc) is 2.90. The van der Waals surface area contributed by atoms with Crippen LogP contribution in [0.1, 0.15) is 42.5 Å². The Labute approximate surface area is 233 Å². The molecule has 1 saturated heterocycles. The highest BCUT2D eigenvalue weighted by molar-refractivity contribution is 9.10. The van der Waals surface area contributed by atoms with Crippen LogP contribution in [-0.4, -0.2) is 50.9 Å². The molecular weight excluding hydrogens is 596 g/mol. The Morgan fingerprint density at radius 1 is 1.00 bits per heavy atom. The lowest BCUT2D eigenvalue weighted by Crippen LogP contribution is -2.55. The topological polar surface area (TPSA) is 58.4 Å². The van der Waals surface area contributed by atoms with Crippen LogP contribution in [0.3, 0.4) is 0 Å². The van der Waals surface area contributed by atoms with Gasteiger partial charge in [-0.05, 0) is 67.9 Å². The monoisotopic (exact) mass is 622 g/mol. The van der Waals surface area contributed by atoms with E-state index in [9.17, 15) is 9.59 Å². The zero-order valence-electron chi connectivity index (χ0n) is 20.8. The number of amides is 1. The average molecular weight is 624 g/mol. The van der Waals surface area contributed by atoms with Crippen LogP contribution in [0.4, 0.5) is 0 Å². The number of carbonyl (C=O) groups is 1. The minimum Gasteiger partial charge on any atom is -0.333 e. The molecule has 1 fully saturated rings. The first kappa shape index (κ1) is 25.8. The van der Waals surface area contributed by atoms with E-state index < -0.39 is 0 Å². The summed E-state index contributed by atoms with van der Waals surface area (Å²) >= 11 is 6.97. The molecule has 0 saturated carbocycles. The number of carbonyl (C=O) groups excluding carboxylic acids is 1. The summed E-state index contributed by atoms with van der Waals surface area (Å²) in [6.45, 7) is 6.22. The van der Waals surface area contributed by atoms with E-state index in [1.165, 1.54) is 0 Å². The fourth-order valence-electron chi connectivity index (χ4n) is 5.18. The number of benzene rings is 3. The molecule has 0 spiro atoms. The molecule has 8 heteroatoms. The van der Waals surface area contributed by atoms with Gasteiger partial charge in [-0.2, -0.15) is 0 Å². The van der Waals surface area contributed by atoms with Crippen molar-refractivity contribution in [3.8, 4) is 5.69 Å². The third-order valence-corrected chi connectivity index (χ3v) is 8.03. The third kappa shape index (κ3) is 5.15. The molecule has 4 aromatic rings. The van der Waals surface area contributed by atoms with Gasteiger partial charge in [0.25, 0.3) is 11.5 Å². The molecule has 1 aliphatic rings. The number of hydrogen-bond donors (Lipinski definition) is 0.